The van der Waals surface area contributed by atoms with Crippen molar-refractivity contribution < 1.29 is 4.79 Å². The zero-order chi connectivity index (χ0) is 13.3. The summed E-state index contributed by atoms with van der Waals surface area (Å²) in [6, 6.07) is 4.07. The maximum atomic E-state index is 12.3. The van der Waals surface area contributed by atoms with Gasteiger partial charge in [0.2, 0.25) is 5.91 Å². The first-order valence-electron chi connectivity index (χ1n) is 6.38. The van der Waals surface area contributed by atoms with Crippen molar-refractivity contribution in [3.05, 3.63) is 35.9 Å². The highest BCUT2D eigenvalue weighted by Crippen LogP contribution is 2.34. The Labute approximate surface area is 108 Å². The zero-order valence-electron chi connectivity index (χ0n) is 11.3. The number of hydrogen-bond donors (Lipinski definition) is 1. The third-order valence-electron chi connectivity index (χ3n) is 3.52. The molecule has 3 heteroatoms. The van der Waals surface area contributed by atoms with E-state index in [1.165, 1.54) is 11.1 Å². The lowest BCUT2D eigenvalue weighted by atomic mass is 10.0. The summed E-state index contributed by atoms with van der Waals surface area (Å²) in [5.41, 5.74) is 4.45. The molecule has 1 aromatic carbocycles. The average molecular weight is 244 g/mol. The number of carbonyl (C=O) groups excluding carboxylic acids is 1. The van der Waals surface area contributed by atoms with Gasteiger partial charge in [0.15, 0.2) is 0 Å². The molecule has 3 nitrogen and oxygen atoms in total. The highest BCUT2D eigenvalue weighted by Gasteiger charge is 2.30. The standard InChI is InChI=1S/C15H20N2O/c1-5-7-17-14-9-11(4)10(3)8-13(14)16-12(6-2)15(17)18/h5,8-9,12,16H,1,6-7H2,2-4H3. The third kappa shape index (κ3) is 2.01. The minimum absolute atomic E-state index is 0.125. The van der Waals surface area contributed by atoms with Gasteiger partial charge in [-0.25, -0.2) is 0 Å². The van der Waals surface area contributed by atoms with E-state index in [-0.39, 0.29) is 11.9 Å². The molecule has 96 valence electrons. The van der Waals surface area contributed by atoms with Crippen molar-refractivity contribution in [3.8, 4) is 0 Å². The van der Waals surface area contributed by atoms with Gasteiger partial charge >= 0.3 is 0 Å². The number of nitrogens with zero attached hydrogens (tertiary/aromatic N) is 1. The van der Waals surface area contributed by atoms with E-state index >= 15 is 0 Å². The van der Waals surface area contributed by atoms with Gasteiger partial charge in [-0.05, 0) is 43.5 Å². The Morgan fingerprint density at radius 2 is 2.06 bits per heavy atom. The summed E-state index contributed by atoms with van der Waals surface area (Å²) < 4.78 is 0. The van der Waals surface area contributed by atoms with Crippen LogP contribution < -0.4 is 10.2 Å². The molecule has 18 heavy (non-hydrogen) atoms. The second kappa shape index (κ2) is 4.84. The number of amides is 1. The molecule has 0 spiro atoms. The van der Waals surface area contributed by atoms with Crippen molar-refractivity contribution in [3.63, 3.8) is 0 Å². The van der Waals surface area contributed by atoms with Crippen LogP contribution in [0.1, 0.15) is 24.5 Å². The van der Waals surface area contributed by atoms with Gasteiger partial charge in [-0.3, -0.25) is 4.79 Å². The molecule has 1 aliphatic rings. The van der Waals surface area contributed by atoms with Crippen molar-refractivity contribution in [2.45, 2.75) is 33.2 Å². The summed E-state index contributed by atoms with van der Waals surface area (Å²) in [6.07, 6.45) is 2.56. The molecule has 1 amide bonds. The number of rotatable bonds is 3. The van der Waals surface area contributed by atoms with Crippen molar-refractivity contribution in [1.82, 2.24) is 0 Å². The SMILES string of the molecule is C=CCN1C(=O)C(CC)Nc2cc(C)c(C)cc21. The molecular formula is C15H20N2O. The Kier molecular flexibility index (Phi) is 3.41. The molecule has 0 radical (unpaired) electrons. The molecular weight excluding hydrogens is 224 g/mol. The lowest BCUT2D eigenvalue weighted by molar-refractivity contribution is -0.119. The normalized spacial score (nSPS) is 18.3. The minimum Gasteiger partial charge on any atom is -0.372 e. The first kappa shape index (κ1) is 12.7. The third-order valence-corrected chi connectivity index (χ3v) is 3.52. The number of benzene rings is 1. The Hall–Kier alpha value is -1.77. The lowest BCUT2D eigenvalue weighted by Gasteiger charge is -2.35. The van der Waals surface area contributed by atoms with E-state index in [2.05, 4.69) is 37.9 Å². The molecule has 1 N–H and O–H groups in total. The van der Waals surface area contributed by atoms with Crippen molar-refractivity contribution >= 4 is 17.3 Å². The summed E-state index contributed by atoms with van der Waals surface area (Å²) in [4.78, 5) is 14.1. The van der Waals surface area contributed by atoms with Crippen LogP contribution >= 0.6 is 0 Å². The molecule has 1 heterocycles. The topological polar surface area (TPSA) is 32.3 Å². The number of fused-ring (bicyclic) bond motifs is 1. The largest absolute Gasteiger partial charge is 0.372 e. The predicted molar refractivity (Wildman–Crippen MR) is 76.2 cm³/mol. The summed E-state index contributed by atoms with van der Waals surface area (Å²) in [6.45, 7) is 10.5. The predicted octanol–water partition coefficient (Wildman–Crippen LogP) is 3.03. The van der Waals surface area contributed by atoms with Gasteiger partial charge in [0, 0.05) is 6.54 Å². The summed E-state index contributed by atoms with van der Waals surface area (Å²) in [7, 11) is 0. The quantitative estimate of drug-likeness (QED) is 0.829. The monoisotopic (exact) mass is 244 g/mol. The lowest BCUT2D eigenvalue weighted by Crippen LogP contribution is -2.47. The summed E-state index contributed by atoms with van der Waals surface area (Å²) >= 11 is 0. The zero-order valence-corrected chi connectivity index (χ0v) is 11.3. The number of nitrogens with one attached hydrogen (secondary N) is 1. The van der Waals surface area contributed by atoms with Crippen LogP contribution in [0.25, 0.3) is 0 Å². The number of carbonyl (C=O) groups is 1. The average Bonchev–Trinajstić information content (AvgIpc) is 2.35. The molecule has 2 rings (SSSR count). The van der Waals surface area contributed by atoms with Gasteiger partial charge in [-0.1, -0.05) is 13.0 Å². The van der Waals surface area contributed by atoms with Crippen LogP contribution in [0.4, 0.5) is 11.4 Å². The van der Waals surface area contributed by atoms with E-state index in [4.69, 9.17) is 0 Å². The van der Waals surface area contributed by atoms with Crippen molar-refractivity contribution in [1.29, 1.82) is 0 Å². The highest BCUT2D eigenvalue weighted by molar-refractivity contribution is 6.05. The van der Waals surface area contributed by atoms with Crippen LogP contribution in [0, 0.1) is 13.8 Å². The second-order valence-electron chi connectivity index (χ2n) is 4.80. The molecule has 1 aliphatic heterocycles. The Bertz CT molecular complexity index is 494. The summed E-state index contributed by atoms with van der Waals surface area (Å²) in [5.74, 6) is 0.133. The van der Waals surface area contributed by atoms with Gasteiger partial charge in [0.25, 0.3) is 0 Å². The molecule has 1 atom stereocenters. The molecule has 1 unspecified atom stereocenters. The Morgan fingerprint density at radius 1 is 1.39 bits per heavy atom. The van der Waals surface area contributed by atoms with E-state index in [1.54, 1.807) is 6.08 Å². The maximum Gasteiger partial charge on any atom is 0.249 e. The van der Waals surface area contributed by atoms with Crippen LogP contribution in [0.3, 0.4) is 0 Å². The fourth-order valence-electron chi connectivity index (χ4n) is 2.29. The molecule has 0 saturated carbocycles. The summed E-state index contributed by atoms with van der Waals surface area (Å²) in [5, 5.41) is 3.33. The van der Waals surface area contributed by atoms with E-state index < -0.39 is 0 Å². The van der Waals surface area contributed by atoms with Crippen molar-refractivity contribution in [2.75, 3.05) is 16.8 Å². The van der Waals surface area contributed by atoms with Gasteiger partial charge in [-0.15, -0.1) is 6.58 Å². The fraction of sp³-hybridized carbons (Fsp3) is 0.400. The van der Waals surface area contributed by atoms with Crippen LogP contribution in [-0.2, 0) is 4.79 Å². The van der Waals surface area contributed by atoms with E-state index in [9.17, 15) is 4.79 Å². The number of aryl methyl sites for hydroxylation is 2. The highest BCUT2D eigenvalue weighted by atomic mass is 16.2. The van der Waals surface area contributed by atoms with Crippen LogP contribution in [0.2, 0.25) is 0 Å². The van der Waals surface area contributed by atoms with Crippen LogP contribution in [0.15, 0.2) is 24.8 Å². The van der Waals surface area contributed by atoms with Gasteiger partial charge in [0.1, 0.15) is 6.04 Å². The molecule has 0 fully saturated rings. The molecule has 0 aromatic heterocycles. The van der Waals surface area contributed by atoms with Crippen LogP contribution in [0.5, 0.6) is 0 Å². The molecule has 0 aliphatic carbocycles. The maximum absolute atomic E-state index is 12.3. The fourth-order valence-corrected chi connectivity index (χ4v) is 2.29. The Morgan fingerprint density at radius 3 is 2.67 bits per heavy atom. The molecule has 1 aromatic rings. The van der Waals surface area contributed by atoms with Gasteiger partial charge in [-0.2, -0.15) is 0 Å². The van der Waals surface area contributed by atoms with Crippen LogP contribution in [-0.4, -0.2) is 18.5 Å². The van der Waals surface area contributed by atoms with Crippen molar-refractivity contribution in [2.24, 2.45) is 0 Å². The minimum atomic E-state index is -0.125. The first-order valence-corrected chi connectivity index (χ1v) is 6.38. The van der Waals surface area contributed by atoms with E-state index in [0.717, 1.165) is 17.8 Å². The Balaban J connectivity index is 2.51. The number of anilines is 2. The second-order valence-corrected chi connectivity index (χ2v) is 4.80. The van der Waals surface area contributed by atoms with E-state index in [1.807, 2.05) is 11.8 Å². The number of hydrogen-bond acceptors (Lipinski definition) is 2. The molecule has 0 saturated heterocycles. The van der Waals surface area contributed by atoms with Gasteiger partial charge in [0.05, 0.1) is 11.4 Å². The van der Waals surface area contributed by atoms with Gasteiger partial charge < -0.3 is 10.2 Å². The van der Waals surface area contributed by atoms with E-state index in [0.29, 0.717) is 6.54 Å². The smallest absolute Gasteiger partial charge is 0.249 e. The first-order chi connectivity index (χ1) is 8.58. The molecule has 0 bridgehead atoms.